The Morgan fingerprint density at radius 3 is 2.43 bits per heavy atom. The minimum Gasteiger partial charge on any atom is -0.242 e. The molecule has 4 nitrogen and oxygen atoms in total. The molecule has 0 spiro atoms. The van der Waals surface area contributed by atoms with Gasteiger partial charge >= 0.3 is 0 Å². The lowest BCUT2D eigenvalue weighted by molar-refractivity contribution is 0.608. The third-order valence-electron chi connectivity index (χ3n) is 2.98. The Labute approximate surface area is 133 Å². The maximum absolute atomic E-state index is 12.1. The van der Waals surface area contributed by atoms with E-state index in [1.807, 2.05) is 64.2 Å². The van der Waals surface area contributed by atoms with Crippen LogP contribution in [0.4, 0.5) is 0 Å². The maximum atomic E-state index is 12.1. The molecule has 0 bridgehead atoms. The van der Waals surface area contributed by atoms with E-state index in [1.165, 1.54) is 0 Å². The van der Waals surface area contributed by atoms with Gasteiger partial charge in [0, 0.05) is 11.2 Å². The summed E-state index contributed by atoms with van der Waals surface area (Å²) in [5, 5.41) is 5.22. The van der Waals surface area contributed by atoms with E-state index in [2.05, 4.69) is 9.82 Å². The van der Waals surface area contributed by atoms with E-state index in [-0.39, 0.29) is 10.8 Å². The molecule has 0 aliphatic heterocycles. The molecule has 1 N–H and O–H groups in total. The van der Waals surface area contributed by atoms with E-state index < -0.39 is 11.0 Å². The number of rotatable bonds is 4. The molecule has 0 amide bonds. The molecule has 1 aromatic carbocycles. The molecule has 1 heterocycles. The van der Waals surface area contributed by atoms with Crippen LogP contribution in [0.1, 0.15) is 39.4 Å². The van der Waals surface area contributed by atoms with Gasteiger partial charge in [-0.15, -0.1) is 0 Å². The second-order valence-corrected chi connectivity index (χ2v) is 8.32. The van der Waals surface area contributed by atoms with Gasteiger partial charge in [0.05, 0.1) is 33.2 Å². The van der Waals surface area contributed by atoms with Crippen LogP contribution in [0.3, 0.4) is 0 Å². The van der Waals surface area contributed by atoms with Gasteiger partial charge in [0.25, 0.3) is 0 Å². The first-order valence-electron chi connectivity index (χ1n) is 6.77. The van der Waals surface area contributed by atoms with Gasteiger partial charge in [-0.1, -0.05) is 11.6 Å². The van der Waals surface area contributed by atoms with Crippen molar-refractivity contribution in [1.29, 1.82) is 0 Å². The fourth-order valence-corrected chi connectivity index (χ4v) is 2.63. The van der Waals surface area contributed by atoms with E-state index in [9.17, 15) is 4.21 Å². The average molecular weight is 326 g/mol. The molecule has 0 aliphatic rings. The van der Waals surface area contributed by atoms with Gasteiger partial charge in [0.15, 0.2) is 0 Å². The molecule has 2 atom stereocenters. The van der Waals surface area contributed by atoms with Crippen molar-refractivity contribution in [1.82, 2.24) is 14.5 Å². The summed E-state index contributed by atoms with van der Waals surface area (Å²) in [6, 6.07) is 9.31. The first-order chi connectivity index (χ1) is 9.77. The number of nitrogens with one attached hydrogen (secondary N) is 1. The Bertz CT molecular complexity index is 631. The monoisotopic (exact) mass is 325 g/mol. The lowest BCUT2D eigenvalue weighted by Crippen LogP contribution is -2.35. The fraction of sp³-hybridized carbons (Fsp3) is 0.400. The highest BCUT2D eigenvalue weighted by atomic mass is 35.5. The van der Waals surface area contributed by atoms with Crippen LogP contribution in [0.15, 0.2) is 36.5 Å². The molecule has 114 valence electrons. The molecule has 0 aliphatic carbocycles. The standard InChI is InChI=1S/C15H20ClN3OS/c1-11(18-21(20)15(2,3)4)14-9-10-19(17-14)13-7-5-12(16)6-8-13/h5-11,18H,1-4H3. The highest BCUT2D eigenvalue weighted by molar-refractivity contribution is 7.84. The SMILES string of the molecule is CC(NS(=O)C(C)(C)C)c1ccn(-c2ccc(Cl)cc2)n1. The summed E-state index contributed by atoms with van der Waals surface area (Å²) in [4.78, 5) is 0. The summed E-state index contributed by atoms with van der Waals surface area (Å²) in [6.07, 6.45) is 1.89. The van der Waals surface area contributed by atoms with E-state index in [0.29, 0.717) is 5.02 Å². The zero-order chi connectivity index (χ0) is 15.6. The third kappa shape index (κ3) is 4.15. The minimum atomic E-state index is -1.12. The van der Waals surface area contributed by atoms with Crippen molar-refractivity contribution < 1.29 is 4.21 Å². The number of hydrogen-bond acceptors (Lipinski definition) is 2. The van der Waals surface area contributed by atoms with Gasteiger partial charge < -0.3 is 0 Å². The molecule has 0 radical (unpaired) electrons. The van der Waals surface area contributed by atoms with Gasteiger partial charge in [-0.3, -0.25) is 0 Å². The highest BCUT2D eigenvalue weighted by Gasteiger charge is 2.22. The Hall–Kier alpha value is -1.17. The van der Waals surface area contributed by atoms with Crippen molar-refractivity contribution in [2.24, 2.45) is 0 Å². The van der Waals surface area contributed by atoms with Gasteiger partial charge in [0.2, 0.25) is 0 Å². The molecule has 6 heteroatoms. The fourth-order valence-electron chi connectivity index (χ4n) is 1.70. The molecule has 2 unspecified atom stereocenters. The van der Waals surface area contributed by atoms with Crippen molar-refractivity contribution >= 4 is 22.6 Å². The predicted octanol–water partition coefficient (Wildman–Crippen LogP) is 3.64. The van der Waals surface area contributed by atoms with Gasteiger partial charge in [0.1, 0.15) is 0 Å². The number of halogens is 1. The van der Waals surface area contributed by atoms with Crippen molar-refractivity contribution in [3.8, 4) is 5.69 Å². The largest absolute Gasteiger partial charge is 0.242 e. The van der Waals surface area contributed by atoms with Crippen molar-refractivity contribution in [3.05, 3.63) is 47.2 Å². The Kier molecular flexibility index (Phi) is 4.86. The van der Waals surface area contributed by atoms with Crippen LogP contribution in [0.2, 0.25) is 5.02 Å². The molecule has 21 heavy (non-hydrogen) atoms. The summed E-state index contributed by atoms with van der Waals surface area (Å²) in [6.45, 7) is 7.78. The number of benzene rings is 1. The second-order valence-electron chi connectivity index (χ2n) is 5.88. The Morgan fingerprint density at radius 1 is 1.24 bits per heavy atom. The van der Waals surface area contributed by atoms with Gasteiger partial charge in [-0.05, 0) is 58.0 Å². The molecular formula is C15H20ClN3OS. The zero-order valence-corrected chi connectivity index (χ0v) is 14.2. The summed E-state index contributed by atoms with van der Waals surface area (Å²) in [7, 11) is -1.12. The van der Waals surface area contributed by atoms with Crippen LogP contribution in [0.5, 0.6) is 0 Å². The molecule has 2 rings (SSSR count). The molecule has 1 aromatic heterocycles. The van der Waals surface area contributed by atoms with Gasteiger partial charge in [-0.25, -0.2) is 13.6 Å². The smallest absolute Gasteiger partial charge is 0.0976 e. The lowest BCUT2D eigenvalue weighted by atomic mass is 10.3. The van der Waals surface area contributed by atoms with E-state index in [4.69, 9.17) is 11.6 Å². The lowest BCUT2D eigenvalue weighted by Gasteiger charge is -2.21. The van der Waals surface area contributed by atoms with E-state index in [0.717, 1.165) is 11.4 Å². The summed E-state index contributed by atoms with van der Waals surface area (Å²) >= 11 is 5.88. The average Bonchev–Trinajstić information content (AvgIpc) is 2.88. The first kappa shape index (κ1) is 16.2. The zero-order valence-electron chi connectivity index (χ0n) is 12.6. The summed E-state index contributed by atoms with van der Waals surface area (Å²) < 4.78 is 16.7. The van der Waals surface area contributed by atoms with Crippen LogP contribution >= 0.6 is 11.6 Å². The Balaban J connectivity index is 2.12. The van der Waals surface area contributed by atoms with Crippen LogP contribution in [0, 0.1) is 0 Å². The molecule has 0 saturated carbocycles. The third-order valence-corrected chi connectivity index (χ3v) is 4.92. The molecule has 0 saturated heterocycles. The first-order valence-corrected chi connectivity index (χ1v) is 8.30. The topological polar surface area (TPSA) is 46.9 Å². The second kappa shape index (κ2) is 6.30. The molecular weight excluding hydrogens is 306 g/mol. The van der Waals surface area contributed by atoms with E-state index >= 15 is 0 Å². The van der Waals surface area contributed by atoms with Crippen molar-refractivity contribution in [2.45, 2.75) is 38.5 Å². The molecule has 2 aromatic rings. The van der Waals surface area contributed by atoms with Crippen molar-refractivity contribution in [3.63, 3.8) is 0 Å². The van der Waals surface area contributed by atoms with Crippen molar-refractivity contribution in [2.75, 3.05) is 0 Å². The quantitative estimate of drug-likeness (QED) is 0.933. The van der Waals surface area contributed by atoms with Crippen LogP contribution in [-0.4, -0.2) is 18.7 Å². The highest BCUT2D eigenvalue weighted by Crippen LogP contribution is 2.18. The van der Waals surface area contributed by atoms with Crippen LogP contribution < -0.4 is 4.72 Å². The number of hydrogen-bond donors (Lipinski definition) is 1. The summed E-state index contributed by atoms with van der Waals surface area (Å²) in [5.74, 6) is 0. The van der Waals surface area contributed by atoms with Gasteiger partial charge in [-0.2, -0.15) is 5.10 Å². The predicted molar refractivity (Wildman–Crippen MR) is 88.0 cm³/mol. The van der Waals surface area contributed by atoms with Crippen LogP contribution in [0.25, 0.3) is 5.69 Å². The molecule has 0 fully saturated rings. The minimum absolute atomic E-state index is 0.0846. The Morgan fingerprint density at radius 2 is 1.86 bits per heavy atom. The number of aromatic nitrogens is 2. The number of nitrogens with zero attached hydrogens (tertiary/aromatic N) is 2. The van der Waals surface area contributed by atoms with E-state index in [1.54, 1.807) is 4.68 Å². The van der Waals surface area contributed by atoms with Crippen LogP contribution in [-0.2, 0) is 11.0 Å². The summed E-state index contributed by atoms with van der Waals surface area (Å²) in [5.41, 5.74) is 1.79. The normalized spacial score (nSPS) is 14.9. The maximum Gasteiger partial charge on any atom is 0.0976 e.